The second-order valence-electron chi connectivity index (χ2n) is 4.66. The van der Waals surface area contributed by atoms with Gasteiger partial charge in [-0.25, -0.2) is 9.97 Å². The molecule has 0 aliphatic carbocycles. The number of carbonyl (C=O) groups is 1. The van der Waals surface area contributed by atoms with Crippen molar-refractivity contribution in [2.75, 3.05) is 11.1 Å². The Balaban J connectivity index is 1.67. The number of amides is 1. The largest absolute Gasteiger partial charge is 0.325 e. The SMILES string of the molecule is O=C(CSc1ncnc2ccccc12)Nc1ccc(Cl)c(Cl)c1. The number of thioether (sulfide) groups is 1. The summed E-state index contributed by atoms with van der Waals surface area (Å²) in [5.74, 6) is 0.0948. The van der Waals surface area contributed by atoms with Crippen LogP contribution >= 0.6 is 35.0 Å². The van der Waals surface area contributed by atoms with Crippen molar-refractivity contribution in [3.05, 3.63) is 58.8 Å². The van der Waals surface area contributed by atoms with Crippen molar-refractivity contribution in [2.45, 2.75) is 5.03 Å². The molecule has 0 spiro atoms. The molecule has 0 aliphatic rings. The summed E-state index contributed by atoms with van der Waals surface area (Å²) in [7, 11) is 0. The van der Waals surface area contributed by atoms with Gasteiger partial charge in [0.25, 0.3) is 0 Å². The fraction of sp³-hybridized carbons (Fsp3) is 0.0625. The summed E-state index contributed by atoms with van der Waals surface area (Å²) in [6, 6.07) is 12.7. The lowest BCUT2D eigenvalue weighted by molar-refractivity contribution is -0.113. The zero-order valence-electron chi connectivity index (χ0n) is 11.8. The molecule has 0 atom stereocenters. The van der Waals surface area contributed by atoms with E-state index in [1.54, 1.807) is 18.2 Å². The van der Waals surface area contributed by atoms with E-state index in [0.29, 0.717) is 15.7 Å². The van der Waals surface area contributed by atoms with Crippen molar-refractivity contribution in [1.29, 1.82) is 0 Å². The number of hydrogen-bond donors (Lipinski definition) is 1. The third-order valence-corrected chi connectivity index (χ3v) is 4.79. The van der Waals surface area contributed by atoms with Crippen molar-refractivity contribution in [3.63, 3.8) is 0 Å². The molecule has 23 heavy (non-hydrogen) atoms. The predicted molar refractivity (Wildman–Crippen MR) is 95.4 cm³/mol. The van der Waals surface area contributed by atoms with Gasteiger partial charge in [0.15, 0.2) is 0 Å². The molecule has 116 valence electrons. The molecule has 4 nitrogen and oxygen atoms in total. The Morgan fingerprint density at radius 1 is 1.09 bits per heavy atom. The standard InChI is InChI=1S/C16H11Cl2N3OS/c17-12-6-5-10(7-13(12)18)21-15(22)8-23-16-11-3-1-2-4-14(11)19-9-20-16/h1-7,9H,8H2,(H,21,22). The summed E-state index contributed by atoms with van der Waals surface area (Å²) in [6.07, 6.45) is 1.50. The minimum Gasteiger partial charge on any atom is -0.325 e. The van der Waals surface area contributed by atoms with Gasteiger partial charge >= 0.3 is 0 Å². The summed E-state index contributed by atoms with van der Waals surface area (Å²) >= 11 is 13.1. The van der Waals surface area contributed by atoms with E-state index in [4.69, 9.17) is 23.2 Å². The third kappa shape index (κ3) is 3.93. The maximum Gasteiger partial charge on any atom is 0.234 e. The lowest BCUT2D eigenvalue weighted by Gasteiger charge is -2.07. The third-order valence-electron chi connectivity index (χ3n) is 3.05. The molecule has 0 aliphatic heterocycles. The molecular formula is C16H11Cl2N3OS. The summed E-state index contributed by atoms with van der Waals surface area (Å²) in [5, 5.41) is 5.34. The smallest absolute Gasteiger partial charge is 0.234 e. The van der Waals surface area contributed by atoms with Crippen molar-refractivity contribution >= 4 is 57.5 Å². The van der Waals surface area contributed by atoms with Crippen LogP contribution in [0.25, 0.3) is 10.9 Å². The van der Waals surface area contributed by atoms with E-state index in [2.05, 4.69) is 15.3 Å². The van der Waals surface area contributed by atoms with Gasteiger partial charge in [0, 0.05) is 11.1 Å². The molecule has 0 saturated heterocycles. The average Bonchev–Trinajstić information content (AvgIpc) is 2.56. The summed E-state index contributed by atoms with van der Waals surface area (Å²) in [5.41, 5.74) is 1.47. The number of hydrogen-bond acceptors (Lipinski definition) is 4. The number of aromatic nitrogens is 2. The number of benzene rings is 2. The molecule has 1 N–H and O–H groups in total. The van der Waals surface area contributed by atoms with E-state index < -0.39 is 0 Å². The highest BCUT2D eigenvalue weighted by molar-refractivity contribution is 8.00. The lowest BCUT2D eigenvalue weighted by atomic mass is 10.2. The van der Waals surface area contributed by atoms with Crippen LogP contribution in [-0.4, -0.2) is 21.6 Å². The van der Waals surface area contributed by atoms with Gasteiger partial charge in [-0.3, -0.25) is 4.79 Å². The number of rotatable bonds is 4. The van der Waals surface area contributed by atoms with Gasteiger partial charge < -0.3 is 5.32 Å². The quantitative estimate of drug-likeness (QED) is 0.540. The van der Waals surface area contributed by atoms with E-state index in [9.17, 15) is 4.79 Å². The van der Waals surface area contributed by atoms with Crippen LogP contribution in [0, 0.1) is 0 Å². The topological polar surface area (TPSA) is 54.9 Å². The average molecular weight is 364 g/mol. The first-order valence-electron chi connectivity index (χ1n) is 6.71. The zero-order valence-corrected chi connectivity index (χ0v) is 14.1. The number of para-hydroxylation sites is 1. The number of nitrogens with one attached hydrogen (secondary N) is 1. The molecule has 0 fully saturated rings. The van der Waals surface area contributed by atoms with Crippen LogP contribution in [0.15, 0.2) is 53.8 Å². The zero-order chi connectivity index (χ0) is 16.2. The molecule has 3 aromatic rings. The van der Waals surface area contributed by atoms with Gasteiger partial charge in [-0.15, -0.1) is 0 Å². The van der Waals surface area contributed by atoms with Crippen LogP contribution in [-0.2, 0) is 4.79 Å². The van der Waals surface area contributed by atoms with Gasteiger partial charge in [-0.05, 0) is 24.3 Å². The van der Waals surface area contributed by atoms with E-state index in [0.717, 1.165) is 15.9 Å². The molecule has 1 amide bonds. The monoisotopic (exact) mass is 363 g/mol. The van der Waals surface area contributed by atoms with Crippen LogP contribution in [0.2, 0.25) is 10.0 Å². The molecule has 0 radical (unpaired) electrons. The minimum atomic E-state index is -0.143. The van der Waals surface area contributed by atoms with Crippen LogP contribution in [0.3, 0.4) is 0 Å². The highest BCUT2D eigenvalue weighted by Crippen LogP contribution is 2.26. The molecule has 0 saturated carbocycles. The summed E-state index contributed by atoms with van der Waals surface area (Å²) < 4.78 is 0. The number of anilines is 1. The Morgan fingerprint density at radius 2 is 1.91 bits per heavy atom. The van der Waals surface area contributed by atoms with Crippen molar-refractivity contribution in [2.24, 2.45) is 0 Å². The van der Waals surface area contributed by atoms with Crippen molar-refractivity contribution in [3.8, 4) is 0 Å². The van der Waals surface area contributed by atoms with E-state index in [1.807, 2.05) is 24.3 Å². The molecule has 7 heteroatoms. The van der Waals surface area contributed by atoms with E-state index in [-0.39, 0.29) is 11.7 Å². The first kappa shape index (κ1) is 16.1. The van der Waals surface area contributed by atoms with Crippen LogP contribution < -0.4 is 5.32 Å². The van der Waals surface area contributed by atoms with Crippen LogP contribution in [0.5, 0.6) is 0 Å². The van der Waals surface area contributed by atoms with Crippen LogP contribution in [0.1, 0.15) is 0 Å². The highest BCUT2D eigenvalue weighted by Gasteiger charge is 2.08. The second-order valence-corrected chi connectivity index (χ2v) is 6.44. The summed E-state index contributed by atoms with van der Waals surface area (Å²) in [6.45, 7) is 0. The molecule has 0 bridgehead atoms. The van der Waals surface area contributed by atoms with Gasteiger partial charge in [-0.1, -0.05) is 53.2 Å². The Hall–Kier alpha value is -1.82. The number of nitrogens with zero attached hydrogens (tertiary/aromatic N) is 2. The van der Waals surface area contributed by atoms with Gasteiger partial charge in [0.2, 0.25) is 5.91 Å². The normalized spacial score (nSPS) is 10.7. The molecule has 2 aromatic carbocycles. The first-order valence-corrected chi connectivity index (χ1v) is 8.45. The van der Waals surface area contributed by atoms with E-state index in [1.165, 1.54) is 18.1 Å². The Labute approximate surface area is 147 Å². The Bertz CT molecular complexity index is 868. The van der Waals surface area contributed by atoms with Crippen molar-refractivity contribution in [1.82, 2.24) is 9.97 Å². The number of halogens is 2. The summed E-state index contributed by atoms with van der Waals surface area (Å²) in [4.78, 5) is 20.5. The molecule has 0 unspecified atom stereocenters. The molecular weight excluding hydrogens is 353 g/mol. The molecule has 1 aromatic heterocycles. The van der Waals surface area contributed by atoms with Crippen molar-refractivity contribution < 1.29 is 4.79 Å². The molecule has 1 heterocycles. The Kier molecular flexibility index (Phi) is 5.00. The first-order chi connectivity index (χ1) is 11.1. The fourth-order valence-electron chi connectivity index (χ4n) is 2.00. The Morgan fingerprint density at radius 3 is 2.74 bits per heavy atom. The highest BCUT2D eigenvalue weighted by atomic mass is 35.5. The van der Waals surface area contributed by atoms with Gasteiger partial charge in [-0.2, -0.15) is 0 Å². The fourth-order valence-corrected chi connectivity index (χ4v) is 3.09. The number of fused-ring (bicyclic) bond motifs is 1. The number of carbonyl (C=O) groups excluding carboxylic acids is 1. The minimum absolute atomic E-state index is 0.143. The predicted octanol–water partition coefficient (Wildman–Crippen LogP) is 4.67. The second kappa shape index (κ2) is 7.17. The maximum atomic E-state index is 12.1. The molecule has 3 rings (SSSR count). The lowest BCUT2D eigenvalue weighted by Crippen LogP contribution is -2.14. The van der Waals surface area contributed by atoms with Gasteiger partial charge in [0.05, 0.1) is 21.3 Å². The van der Waals surface area contributed by atoms with Crippen LogP contribution in [0.4, 0.5) is 5.69 Å². The van der Waals surface area contributed by atoms with Gasteiger partial charge in [0.1, 0.15) is 11.4 Å². The van der Waals surface area contributed by atoms with E-state index >= 15 is 0 Å². The maximum absolute atomic E-state index is 12.1.